The van der Waals surface area contributed by atoms with Crippen molar-refractivity contribution in [1.82, 2.24) is 0 Å². The topological polar surface area (TPSA) is 67.5 Å². The molecule has 5 heteroatoms. The second-order valence-corrected chi connectivity index (χ2v) is 3.84. The van der Waals surface area contributed by atoms with Gasteiger partial charge in [-0.05, 0) is 31.4 Å². The highest BCUT2D eigenvalue weighted by molar-refractivity contribution is 5.65. The number of anilines is 1. The second-order valence-electron chi connectivity index (χ2n) is 3.84. The van der Waals surface area contributed by atoms with Gasteiger partial charge in [0, 0.05) is 12.3 Å². The highest BCUT2D eigenvalue weighted by Gasteiger charge is 2.12. The Balaban J connectivity index is 2.70. The fourth-order valence-electron chi connectivity index (χ4n) is 1.36. The number of nitrogens with one attached hydrogen (secondary N) is 1. The lowest BCUT2D eigenvalue weighted by molar-refractivity contribution is -0.384. The van der Waals surface area contributed by atoms with Crippen LogP contribution in [0.5, 0.6) is 0 Å². The normalized spacial score (nSPS) is 10.7. The van der Waals surface area contributed by atoms with Crippen LogP contribution in [-0.2, 0) is 0 Å². The smallest absolute Gasteiger partial charge is 0.272 e. The molecule has 0 fully saturated rings. The van der Waals surface area contributed by atoms with Gasteiger partial charge in [0.05, 0.1) is 4.92 Å². The van der Waals surface area contributed by atoms with E-state index in [4.69, 9.17) is 0 Å². The summed E-state index contributed by atoms with van der Waals surface area (Å²) in [5.41, 5.74) is 4.04. The van der Waals surface area contributed by atoms with Crippen LogP contribution in [0, 0.1) is 17.0 Å². The molecule has 0 aromatic heterocycles. The summed E-state index contributed by atoms with van der Waals surface area (Å²) in [6, 6.07) is 5.02. The Morgan fingerprint density at radius 2 is 2.29 bits per heavy atom. The predicted molar refractivity (Wildman–Crippen MR) is 69.5 cm³/mol. The summed E-state index contributed by atoms with van der Waals surface area (Å²) in [5, 5.41) is 14.8. The van der Waals surface area contributed by atoms with Crippen molar-refractivity contribution in [2.24, 2.45) is 5.10 Å². The summed E-state index contributed by atoms with van der Waals surface area (Å²) in [6.45, 7) is 3.92. The van der Waals surface area contributed by atoms with Gasteiger partial charge in [-0.15, -0.1) is 0 Å². The molecule has 0 saturated carbocycles. The number of rotatable bonds is 6. The number of benzene rings is 1. The summed E-state index contributed by atoms with van der Waals surface area (Å²) in [6.07, 6.45) is 4.80. The Bertz CT molecular complexity index is 416. The fraction of sp³-hybridized carbons (Fsp3) is 0.417. The summed E-state index contributed by atoms with van der Waals surface area (Å²) in [5.74, 6) is 0. The quantitative estimate of drug-likeness (QED) is 0.355. The van der Waals surface area contributed by atoms with E-state index in [1.807, 2.05) is 13.0 Å². The van der Waals surface area contributed by atoms with E-state index >= 15 is 0 Å². The van der Waals surface area contributed by atoms with Gasteiger partial charge in [0.25, 0.3) is 5.69 Å². The highest BCUT2D eigenvalue weighted by Crippen LogP contribution is 2.25. The Kier molecular flexibility index (Phi) is 5.13. The van der Waals surface area contributed by atoms with Crippen molar-refractivity contribution >= 4 is 17.6 Å². The fourth-order valence-corrected chi connectivity index (χ4v) is 1.36. The van der Waals surface area contributed by atoms with Gasteiger partial charge in [-0.3, -0.25) is 15.5 Å². The SMILES string of the molecule is CCCC/C=N/Nc1ccc(C)cc1[N+](=O)[O-]. The van der Waals surface area contributed by atoms with Gasteiger partial charge in [0.1, 0.15) is 5.69 Å². The van der Waals surface area contributed by atoms with Crippen LogP contribution < -0.4 is 5.43 Å². The number of nitro benzene ring substituents is 1. The van der Waals surface area contributed by atoms with Crippen LogP contribution >= 0.6 is 0 Å². The molecule has 0 bridgehead atoms. The molecule has 0 radical (unpaired) electrons. The van der Waals surface area contributed by atoms with Crippen molar-refractivity contribution in [3.63, 3.8) is 0 Å². The van der Waals surface area contributed by atoms with Crippen LogP contribution in [0.1, 0.15) is 31.7 Å². The predicted octanol–water partition coefficient (Wildman–Crippen LogP) is 3.49. The molecule has 0 spiro atoms. The van der Waals surface area contributed by atoms with E-state index in [0.29, 0.717) is 5.69 Å². The third-order valence-corrected chi connectivity index (χ3v) is 2.31. The summed E-state index contributed by atoms with van der Waals surface area (Å²) < 4.78 is 0. The van der Waals surface area contributed by atoms with Gasteiger partial charge in [0.15, 0.2) is 0 Å². The van der Waals surface area contributed by atoms with Crippen molar-refractivity contribution in [3.8, 4) is 0 Å². The molecule has 0 aliphatic carbocycles. The third-order valence-electron chi connectivity index (χ3n) is 2.31. The standard InChI is InChI=1S/C12H17N3O2/c1-3-4-5-8-13-14-11-7-6-10(2)9-12(11)15(16)17/h6-9,14H,3-5H2,1-2H3/b13-8+. The largest absolute Gasteiger partial charge is 0.294 e. The first-order valence-electron chi connectivity index (χ1n) is 5.67. The highest BCUT2D eigenvalue weighted by atomic mass is 16.6. The zero-order chi connectivity index (χ0) is 12.7. The molecular formula is C12H17N3O2. The Morgan fingerprint density at radius 1 is 1.53 bits per heavy atom. The van der Waals surface area contributed by atoms with Gasteiger partial charge in [-0.1, -0.05) is 19.4 Å². The lowest BCUT2D eigenvalue weighted by Crippen LogP contribution is -1.97. The maximum atomic E-state index is 10.8. The van der Waals surface area contributed by atoms with E-state index < -0.39 is 4.92 Å². The van der Waals surface area contributed by atoms with Gasteiger partial charge in [-0.2, -0.15) is 5.10 Å². The zero-order valence-electron chi connectivity index (χ0n) is 10.1. The summed E-state index contributed by atoms with van der Waals surface area (Å²) >= 11 is 0. The maximum Gasteiger partial charge on any atom is 0.294 e. The van der Waals surface area contributed by atoms with E-state index in [1.165, 1.54) is 6.07 Å². The number of hydrogen-bond donors (Lipinski definition) is 1. The van der Waals surface area contributed by atoms with Gasteiger partial charge >= 0.3 is 0 Å². The summed E-state index contributed by atoms with van der Waals surface area (Å²) in [7, 11) is 0. The number of nitrogens with zero attached hydrogens (tertiary/aromatic N) is 2. The molecule has 1 rings (SSSR count). The van der Waals surface area contributed by atoms with Crippen molar-refractivity contribution in [2.75, 3.05) is 5.43 Å². The Hall–Kier alpha value is -1.91. The monoisotopic (exact) mass is 235 g/mol. The van der Waals surface area contributed by atoms with E-state index in [2.05, 4.69) is 17.5 Å². The molecule has 0 aliphatic rings. The number of aryl methyl sites for hydroxylation is 1. The molecular weight excluding hydrogens is 218 g/mol. The molecule has 1 aromatic carbocycles. The van der Waals surface area contributed by atoms with Gasteiger partial charge in [-0.25, -0.2) is 0 Å². The van der Waals surface area contributed by atoms with Gasteiger partial charge < -0.3 is 0 Å². The molecule has 1 N–H and O–H groups in total. The van der Waals surface area contributed by atoms with Crippen LogP contribution in [0.15, 0.2) is 23.3 Å². The molecule has 1 aromatic rings. The Labute approximate surface area is 101 Å². The van der Waals surface area contributed by atoms with Crippen LogP contribution in [0.2, 0.25) is 0 Å². The van der Waals surface area contributed by atoms with E-state index in [-0.39, 0.29) is 5.69 Å². The minimum atomic E-state index is -0.406. The average molecular weight is 235 g/mol. The van der Waals surface area contributed by atoms with Crippen LogP contribution in [0.4, 0.5) is 11.4 Å². The maximum absolute atomic E-state index is 10.8. The molecule has 0 aliphatic heterocycles. The molecule has 0 amide bonds. The third kappa shape index (κ3) is 4.22. The lowest BCUT2D eigenvalue weighted by atomic mass is 10.2. The molecule has 5 nitrogen and oxygen atoms in total. The van der Waals surface area contributed by atoms with Crippen LogP contribution in [-0.4, -0.2) is 11.1 Å². The lowest BCUT2D eigenvalue weighted by Gasteiger charge is -2.02. The number of nitro groups is 1. The summed E-state index contributed by atoms with van der Waals surface area (Å²) in [4.78, 5) is 10.4. The molecule has 92 valence electrons. The van der Waals surface area contributed by atoms with Crippen molar-refractivity contribution in [2.45, 2.75) is 33.1 Å². The number of hydrogen-bond acceptors (Lipinski definition) is 4. The zero-order valence-corrected chi connectivity index (χ0v) is 10.1. The van der Waals surface area contributed by atoms with Crippen molar-refractivity contribution < 1.29 is 4.92 Å². The average Bonchev–Trinajstić information content (AvgIpc) is 2.30. The minimum Gasteiger partial charge on any atom is -0.272 e. The first kappa shape index (κ1) is 13.2. The molecule has 0 unspecified atom stereocenters. The first-order valence-corrected chi connectivity index (χ1v) is 5.67. The molecule has 0 saturated heterocycles. The van der Waals surface area contributed by atoms with Gasteiger partial charge in [0.2, 0.25) is 0 Å². The van der Waals surface area contributed by atoms with E-state index in [1.54, 1.807) is 12.3 Å². The van der Waals surface area contributed by atoms with Crippen molar-refractivity contribution in [1.29, 1.82) is 0 Å². The molecule has 17 heavy (non-hydrogen) atoms. The van der Waals surface area contributed by atoms with Crippen LogP contribution in [0.25, 0.3) is 0 Å². The number of unbranched alkanes of at least 4 members (excludes halogenated alkanes) is 2. The molecule has 0 heterocycles. The minimum absolute atomic E-state index is 0.0534. The Morgan fingerprint density at radius 3 is 2.94 bits per heavy atom. The molecule has 0 atom stereocenters. The second kappa shape index (κ2) is 6.62. The van der Waals surface area contributed by atoms with Crippen LogP contribution in [0.3, 0.4) is 0 Å². The van der Waals surface area contributed by atoms with E-state index in [9.17, 15) is 10.1 Å². The van der Waals surface area contributed by atoms with Crippen molar-refractivity contribution in [3.05, 3.63) is 33.9 Å². The number of hydrazone groups is 1. The van der Waals surface area contributed by atoms with E-state index in [0.717, 1.165) is 24.8 Å². The first-order chi connectivity index (χ1) is 8.15.